The molecule has 0 aromatic heterocycles. The molecule has 21 heavy (non-hydrogen) atoms. The Morgan fingerprint density at radius 1 is 1.24 bits per heavy atom. The highest BCUT2D eigenvalue weighted by Crippen LogP contribution is 2.28. The summed E-state index contributed by atoms with van der Waals surface area (Å²) in [4.78, 5) is 12.0. The average Bonchev–Trinajstić information content (AvgIpc) is 2.44. The minimum atomic E-state index is -0.914. The molecule has 0 saturated heterocycles. The summed E-state index contributed by atoms with van der Waals surface area (Å²) in [5, 5.41) is 3.57. The Balaban J connectivity index is 2.39. The Morgan fingerprint density at radius 2 is 1.95 bits per heavy atom. The van der Waals surface area contributed by atoms with Crippen molar-refractivity contribution in [1.29, 1.82) is 0 Å². The van der Waals surface area contributed by atoms with Gasteiger partial charge in [0.05, 0.1) is 17.8 Å². The lowest BCUT2D eigenvalue weighted by Gasteiger charge is -2.19. The number of hydrogen-bond acceptors (Lipinski definition) is 3. The molecule has 0 aliphatic rings. The van der Waals surface area contributed by atoms with Gasteiger partial charge in [-0.2, -0.15) is 0 Å². The highest BCUT2D eigenvalue weighted by Gasteiger charge is 2.23. The number of carbonyl (C=O) groups excluding carboxylic acids is 1. The molecule has 0 fully saturated rings. The average molecular weight is 328 g/mol. The van der Waals surface area contributed by atoms with Crippen LogP contribution in [0.5, 0.6) is 0 Å². The summed E-state index contributed by atoms with van der Waals surface area (Å²) in [6.45, 7) is 0. The molecule has 6 heteroatoms. The second-order valence-electron chi connectivity index (χ2n) is 4.28. The van der Waals surface area contributed by atoms with Crippen LogP contribution in [0.3, 0.4) is 0 Å². The molecule has 2 aromatic carbocycles. The van der Waals surface area contributed by atoms with Crippen molar-refractivity contribution in [2.45, 2.75) is 6.04 Å². The minimum absolute atomic E-state index is 0.194. The van der Waals surface area contributed by atoms with Crippen molar-refractivity contribution in [2.75, 3.05) is 12.4 Å². The molecule has 0 spiro atoms. The van der Waals surface area contributed by atoms with E-state index in [0.29, 0.717) is 16.3 Å². The predicted octanol–water partition coefficient (Wildman–Crippen LogP) is 4.46. The first kappa shape index (κ1) is 15.6. The molecule has 1 atom stereocenters. The van der Waals surface area contributed by atoms with Gasteiger partial charge in [-0.05, 0) is 35.9 Å². The van der Waals surface area contributed by atoms with E-state index in [1.165, 1.54) is 19.2 Å². The van der Waals surface area contributed by atoms with Crippen molar-refractivity contribution in [3.63, 3.8) is 0 Å². The summed E-state index contributed by atoms with van der Waals surface area (Å²) in [6.07, 6.45) is 0. The first-order valence-electron chi connectivity index (χ1n) is 6.06. The molecular weight excluding hydrogens is 316 g/mol. The van der Waals surface area contributed by atoms with E-state index in [4.69, 9.17) is 27.9 Å². The van der Waals surface area contributed by atoms with E-state index >= 15 is 0 Å². The number of carbonyl (C=O) groups is 1. The molecule has 0 saturated carbocycles. The van der Waals surface area contributed by atoms with Gasteiger partial charge in [0.2, 0.25) is 0 Å². The maximum Gasteiger partial charge on any atom is 0.332 e. The lowest BCUT2D eigenvalue weighted by atomic mass is 10.1. The molecule has 2 rings (SSSR count). The van der Waals surface area contributed by atoms with Crippen LogP contribution in [0.15, 0.2) is 42.5 Å². The number of methoxy groups -OCH3 is 1. The van der Waals surface area contributed by atoms with E-state index in [9.17, 15) is 9.18 Å². The fraction of sp³-hybridized carbons (Fsp3) is 0.133. The van der Waals surface area contributed by atoms with Gasteiger partial charge >= 0.3 is 5.97 Å². The van der Waals surface area contributed by atoms with Crippen molar-refractivity contribution < 1.29 is 13.9 Å². The molecule has 110 valence electrons. The van der Waals surface area contributed by atoms with Gasteiger partial charge in [-0.15, -0.1) is 0 Å². The van der Waals surface area contributed by atoms with Gasteiger partial charge in [0.15, 0.2) is 6.04 Å². The Morgan fingerprint density at radius 3 is 2.57 bits per heavy atom. The van der Waals surface area contributed by atoms with Crippen molar-refractivity contribution in [3.05, 3.63) is 63.9 Å². The molecule has 0 bridgehead atoms. The first-order chi connectivity index (χ1) is 10.0. The van der Waals surface area contributed by atoms with Gasteiger partial charge in [0.25, 0.3) is 0 Å². The molecular formula is C15H12Cl2FNO2. The Hall–Kier alpha value is -1.78. The highest BCUT2D eigenvalue weighted by molar-refractivity contribution is 6.33. The van der Waals surface area contributed by atoms with Crippen molar-refractivity contribution in [1.82, 2.24) is 0 Å². The van der Waals surface area contributed by atoms with Crippen LogP contribution in [0.2, 0.25) is 10.0 Å². The smallest absolute Gasteiger partial charge is 0.332 e. The van der Waals surface area contributed by atoms with E-state index < -0.39 is 17.8 Å². The van der Waals surface area contributed by atoms with E-state index in [-0.39, 0.29) is 5.02 Å². The van der Waals surface area contributed by atoms with E-state index in [0.717, 1.165) is 6.07 Å². The van der Waals surface area contributed by atoms with Crippen LogP contribution >= 0.6 is 23.2 Å². The second-order valence-corrected chi connectivity index (χ2v) is 5.13. The Kier molecular flexibility index (Phi) is 5.04. The van der Waals surface area contributed by atoms with Gasteiger partial charge in [-0.1, -0.05) is 35.3 Å². The summed E-state index contributed by atoms with van der Waals surface area (Å²) >= 11 is 11.9. The summed E-state index contributed by atoms with van der Waals surface area (Å²) in [6, 6.07) is 9.88. The molecule has 0 amide bonds. The Labute approximate surface area is 131 Å². The second kappa shape index (κ2) is 6.78. The number of halogens is 3. The molecule has 3 nitrogen and oxygen atoms in total. The molecule has 1 N–H and O–H groups in total. The van der Waals surface area contributed by atoms with Crippen molar-refractivity contribution >= 4 is 34.9 Å². The summed E-state index contributed by atoms with van der Waals surface area (Å²) < 4.78 is 18.2. The fourth-order valence-electron chi connectivity index (χ4n) is 1.87. The van der Waals surface area contributed by atoms with Gasteiger partial charge in [0.1, 0.15) is 5.82 Å². The molecule has 0 aliphatic heterocycles. The maximum atomic E-state index is 13.5. The fourth-order valence-corrected chi connectivity index (χ4v) is 2.29. The van der Waals surface area contributed by atoms with Gasteiger partial charge in [-0.25, -0.2) is 9.18 Å². The van der Waals surface area contributed by atoms with Crippen LogP contribution in [0.4, 0.5) is 10.1 Å². The lowest BCUT2D eigenvalue weighted by molar-refractivity contribution is -0.141. The molecule has 0 radical (unpaired) electrons. The molecule has 0 aliphatic carbocycles. The standard InChI is InChI=1S/C15H12Cl2FNO2/c1-21-15(20)14(9-6-10(16)8-11(18)7-9)19-13-5-3-2-4-12(13)17/h2-8,14,19H,1H3. The zero-order valence-electron chi connectivity index (χ0n) is 11.1. The van der Waals surface area contributed by atoms with Crippen LogP contribution < -0.4 is 5.32 Å². The van der Waals surface area contributed by atoms with Gasteiger partial charge < -0.3 is 10.1 Å². The monoisotopic (exact) mass is 327 g/mol. The molecule has 2 aromatic rings. The summed E-state index contributed by atoms with van der Waals surface area (Å²) in [7, 11) is 1.25. The number of esters is 1. The zero-order valence-corrected chi connectivity index (χ0v) is 12.6. The number of rotatable bonds is 4. The van der Waals surface area contributed by atoms with Crippen molar-refractivity contribution in [3.8, 4) is 0 Å². The third-order valence-electron chi connectivity index (χ3n) is 2.83. The van der Waals surface area contributed by atoms with Gasteiger partial charge in [-0.3, -0.25) is 0 Å². The third-order valence-corrected chi connectivity index (χ3v) is 3.38. The molecule has 0 heterocycles. The largest absolute Gasteiger partial charge is 0.467 e. The van der Waals surface area contributed by atoms with Crippen molar-refractivity contribution in [2.24, 2.45) is 0 Å². The van der Waals surface area contributed by atoms with Crippen LogP contribution in [0.1, 0.15) is 11.6 Å². The van der Waals surface area contributed by atoms with Crippen LogP contribution in [0.25, 0.3) is 0 Å². The number of anilines is 1. The van der Waals surface area contributed by atoms with E-state index in [1.54, 1.807) is 24.3 Å². The number of ether oxygens (including phenoxy) is 1. The SMILES string of the molecule is COC(=O)C(Nc1ccccc1Cl)c1cc(F)cc(Cl)c1. The topological polar surface area (TPSA) is 38.3 Å². The number of benzene rings is 2. The quantitative estimate of drug-likeness (QED) is 0.842. The van der Waals surface area contributed by atoms with E-state index in [1.807, 2.05) is 0 Å². The first-order valence-corrected chi connectivity index (χ1v) is 6.81. The third kappa shape index (κ3) is 3.86. The zero-order chi connectivity index (χ0) is 15.4. The Bertz CT molecular complexity index is 644. The lowest BCUT2D eigenvalue weighted by Crippen LogP contribution is -2.22. The summed E-state index contributed by atoms with van der Waals surface area (Å²) in [5.41, 5.74) is 0.890. The normalized spacial score (nSPS) is 11.8. The summed E-state index contributed by atoms with van der Waals surface area (Å²) in [5.74, 6) is -1.11. The highest BCUT2D eigenvalue weighted by atomic mass is 35.5. The maximum absolute atomic E-state index is 13.5. The predicted molar refractivity (Wildman–Crippen MR) is 81.2 cm³/mol. The molecule has 1 unspecified atom stereocenters. The number of hydrogen-bond donors (Lipinski definition) is 1. The van der Waals surface area contributed by atoms with Gasteiger partial charge in [0, 0.05) is 5.02 Å². The van der Waals surface area contributed by atoms with Crippen LogP contribution in [-0.2, 0) is 9.53 Å². The van der Waals surface area contributed by atoms with Crippen LogP contribution in [-0.4, -0.2) is 13.1 Å². The number of nitrogens with one attached hydrogen (secondary N) is 1. The number of para-hydroxylation sites is 1. The minimum Gasteiger partial charge on any atom is -0.467 e. The van der Waals surface area contributed by atoms with E-state index in [2.05, 4.69) is 5.32 Å². The van der Waals surface area contributed by atoms with Crippen LogP contribution in [0, 0.1) is 5.82 Å².